The molecule has 0 amide bonds. The Morgan fingerprint density at radius 2 is 2.09 bits per heavy atom. The van der Waals surface area contributed by atoms with Crippen LogP contribution in [0.25, 0.3) is 0 Å². The topological polar surface area (TPSA) is 29.3 Å². The fraction of sp³-hybridized carbons (Fsp3) is 1.00. The Kier molecular flexibility index (Phi) is 2.44. The van der Waals surface area contributed by atoms with Crippen molar-refractivity contribution >= 4 is 0 Å². The van der Waals surface area contributed by atoms with E-state index in [1.54, 1.807) is 0 Å². The molecule has 1 aliphatic rings. The van der Waals surface area contributed by atoms with Gasteiger partial charge in [-0.05, 0) is 13.6 Å². The van der Waals surface area contributed by atoms with Crippen LogP contribution in [-0.4, -0.2) is 37.5 Å². The third kappa shape index (κ3) is 1.87. The Hall–Kier alpha value is -0.220. The predicted octanol–water partition coefficient (Wildman–Crippen LogP) is 0.532. The van der Waals surface area contributed by atoms with Gasteiger partial charge in [-0.25, -0.2) is 8.78 Å². The van der Waals surface area contributed by atoms with Crippen LogP contribution < -0.4 is 5.73 Å². The first-order chi connectivity index (χ1) is 5.06. The smallest absolute Gasteiger partial charge is 0.254 e. The summed E-state index contributed by atoms with van der Waals surface area (Å²) >= 11 is 0. The molecule has 4 heteroatoms. The summed E-state index contributed by atoms with van der Waals surface area (Å²) in [6.07, 6.45) is -0.175. The zero-order chi connectivity index (χ0) is 8.48. The maximum atomic E-state index is 12.9. The molecule has 0 aromatic rings. The van der Waals surface area contributed by atoms with E-state index < -0.39 is 11.8 Å². The number of hydrogen-bond acceptors (Lipinski definition) is 2. The van der Waals surface area contributed by atoms with Gasteiger partial charge < -0.3 is 10.6 Å². The summed E-state index contributed by atoms with van der Waals surface area (Å²) in [4.78, 5) is 1.88. The van der Waals surface area contributed by atoms with Crippen LogP contribution >= 0.6 is 0 Å². The Morgan fingerprint density at radius 3 is 2.45 bits per heavy atom. The van der Waals surface area contributed by atoms with Crippen LogP contribution in [0.4, 0.5) is 8.78 Å². The molecule has 2 nitrogen and oxygen atoms in total. The van der Waals surface area contributed by atoms with E-state index >= 15 is 0 Å². The molecule has 1 heterocycles. The molecule has 1 fully saturated rings. The standard InChI is InChI=1S/C7H14F2N2/c1-11-4-6(5-11)7(8,9)2-3-10/h6H,2-5,10H2,1H3. The van der Waals surface area contributed by atoms with Crippen molar-refractivity contribution in [1.82, 2.24) is 4.90 Å². The molecule has 1 rings (SSSR count). The number of likely N-dealkylation sites (tertiary alicyclic amines) is 1. The minimum atomic E-state index is -2.54. The lowest BCUT2D eigenvalue weighted by Crippen LogP contribution is -2.53. The lowest BCUT2D eigenvalue weighted by atomic mass is 9.91. The molecule has 66 valence electrons. The zero-order valence-corrected chi connectivity index (χ0v) is 6.69. The summed E-state index contributed by atoms with van der Waals surface area (Å²) < 4.78 is 25.9. The number of nitrogens with two attached hydrogens (primary N) is 1. The fourth-order valence-electron chi connectivity index (χ4n) is 1.36. The van der Waals surface area contributed by atoms with E-state index in [0.717, 1.165) is 0 Å². The quantitative estimate of drug-likeness (QED) is 0.659. The van der Waals surface area contributed by atoms with Gasteiger partial charge in [0, 0.05) is 25.4 Å². The minimum absolute atomic E-state index is 0.0766. The molecule has 0 aromatic carbocycles. The van der Waals surface area contributed by atoms with Gasteiger partial charge in [-0.15, -0.1) is 0 Å². The predicted molar refractivity (Wildman–Crippen MR) is 39.6 cm³/mol. The minimum Gasteiger partial charge on any atom is -0.330 e. The summed E-state index contributed by atoms with van der Waals surface area (Å²) in [5, 5.41) is 0. The van der Waals surface area contributed by atoms with E-state index in [2.05, 4.69) is 0 Å². The van der Waals surface area contributed by atoms with Crippen molar-refractivity contribution in [1.29, 1.82) is 0 Å². The Labute approximate surface area is 65.4 Å². The fourth-order valence-corrected chi connectivity index (χ4v) is 1.36. The Balaban J connectivity index is 2.33. The van der Waals surface area contributed by atoms with Crippen molar-refractivity contribution in [3.05, 3.63) is 0 Å². The SMILES string of the molecule is CN1CC(C(F)(F)CCN)C1. The van der Waals surface area contributed by atoms with Crippen molar-refractivity contribution in [2.24, 2.45) is 11.7 Å². The van der Waals surface area contributed by atoms with E-state index in [9.17, 15) is 8.78 Å². The second-order valence-electron chi connectivity index (χ2n) is 3.22. The molecule has 0 bridgehead atoms. The molecule has 0 atom stereocenters. The van der Waals surface area contributed by atoms with Gasteiger partial charge in [0.25, 0.3) is 5.92 Å². The van der Waals surface area contributed by atoms with Crippen molar-refractivity contribution in [2.45, 2.75) is 12.3 Å². The van der Waals surface area contributed by atoms with Crippen LogP contribution in [0.1, 0.15) is 6.42 Å². The van der Waals surface area contributed by atoms with Crippen LogP contribution in [0.5, 0.6) is 0 Å². The van der Waals surface area contributed by atoms with Gasteiger partial charge in [0.2, 0.25) is 0 Å². The first kappa shape index (κ1) is 8.87. The van der Waals surface area contributed by atoms with Crippen LogP contribution in [0.2, 0.25) is 0 Å². The first-order valence-corrected chi connectivity index (χ1v) is 3.82. The highest BCUT2D eigenvalue weighted by Crippen LogP contribution is 2.33. The number of hydrogen-bond donors (Lipinski definition) is 1. The summed E-state index contributed by atoms with van der Waals surface area (Å²) in [6.45, 7) is 1.09. The second-order valence-corrected chi connectivity index (χ2v) is 3.22. The maximum Gasteiger partial charge on any atom is 0.254 e. The van der Waals surface area contributed by atoms with Crippen LogP contribution in [0.15, 0.2) is 0 Å². The van der Waals surface area contributed by atoms with E-state index in [-0.39, 0.29) is 13.0 Å². The molecule has 0 radical (unpaired) electrons. The highest BCUT2D eigenvalue weighted by Gasteiger charge is 2.44. The lowest BCUT2D eigenvalue weighted by molar-refractivity contribution is -0.114. The van der Waals surface area contributed by atoms with E-state index in [4.69, 9.17) is 5.73 Å². The van der Waals surface area contributed by atoms with Crippen molar-refractivity contribution in [3.8, 4) is 0 Å². The average molecular weight is 164 g/mol. The third-order valence-electron chi connectivity index (χ3n) is 2.14. The van der Waals surface area contributed by atoms with Gasteiger partial charge in [-0.2, -0.15) is 0 Å². The number of rotatable bonds is 3. The van der Waals surface area contributed by atoms with Crippen LogP contribution in [0, 0.1) is 5.92 Å². The van der Waals surface area contributed by atoms with Gasteiger partial charge in [0.1, 0.15) is 0 Å². The third-order valence-corrected chi connectivity index (χ3v) is 2.14. The van der Waals surface area contributed by atoms with Gasteiger partial charge in [0.05, 0.1) is 0 Å². The summed E-state index contributed by atoms with van der Waals surface area (Å²) in [6, 6.07) is 0. The molecule has 0 unspecified atom stereocenters. The molecule has 0 aromatic heterocycles. The Bertz CT molecular complexity index is 132. The molecular formula is C7H14F2N2. The summed E-state index contributed by atoms with van der Waals surface area (Å²) in [7, 11) is 1.84. The highest BCUT2D eigenvalue weighted by molar-refractivity contribution is 4.88. The van der Waals surface area contributed by atoms with E-state index in [1.165, 1.54) is 0 Å². The maximum absolute atomic E-state index is 12.9. The van der Waals surface area contributed by atoms with Gasteiger partial charge in [-0.1, -0.05) is 0 Å². The van der Waals surface area contributed by atoms with Crippen LogP contribution in [-0.2, 0) is 0 Å². The van der Waals surface area contributed by atoms with Gasteiger partial charge in [0.15, 0.2) is 0 Å². The highest BCUT2D eigenvalue weighted by atomic mass is 19.3. The molecule has 0 aliphatic carbocycles. The summed E-state index contributed by atoms with van der Waals surface area (Å²) in [5.41, 5.74) is 5.07. The number of halogens is 2. The molecular weight excluding hydrogens is 150 g/mol. The van der Waals surface area contributed by atoms with Gasteiger partial charge >= 0.3 is 0 Å². The first-order valence-electron chi connectivity index (χ1n) is 3.82. The van der Waals surface area contributed by atoms with Crippen molar-refractivity contribution in [2.75, 3.05) is 26.7 Å². The normalized spacial score (nSPS) is 21.8. The average Bonchev–Trinajstić information content (AvgIpc) is 1.81. The molecule has 11 heavy (non-hydrogen) atoms. The molecule has 0 saturated carbocycles. The van der Waals surface area contributed by atoms with Crippen molar-refractivity contribution < 1.29 is 8.78 Å². The number of alkyl halides is 2. The molecule has 2 N–H and O–H groups in total. The van der Waals surface area contributed by atoms with Gasteiger partial charge in [-0.3, -0.25) is 0 Å². The van der Waals surface area contributed by atoms with Crippen LogP contribution in [0.3, 0.4) is 0 Å². The largest absolute Gasteiger partial charge is 0.330 e. The lowest BCUT2D eigenvalue weighted by Gasteiger charge is -2.40. The second kappa shape index (κ2) is 3.03. The molecule has 1 saturated heterocycles. The molecule has 0 spiro atoms. The Morgan fingerprint density at radius 1 is 1.55 bits per heavy atom. The molecule has 1 aliphatic heterocycles. The van der Waals surface area contributed by atoms with E-state index in [0.29, 0.717) is 13.1 Å². The monoisotopic (exact) mass is 164 g/mol. The summed E-state index contributed by atoms with van der Waals surface area (Å²) in [5.74, 6) is -3.00. The number of nitrogens with zero attached hydrogens (tertiary/aromatic N) is 1. The zero-order valence-electron chi connectivity index (χ0n) is 6.69. The van der Waals surface area contributed by atoms with E-state index in [1.807, 2.05) is 11.9 Å². The van der Waals surface area contributed by atoms with Crippen molar-refractivity contribution in [3.63, 3.8) is 0 Å².